The Balaban J connectivity index is 2.24. The van der Waals surface area contributed by atoms with Gasteiger partial charge in [-0.3, -0.25) is 0 Å². The summed E-state index contributed by atoms with van der Waals surface area (Å²) < 4.78 is 5.09. The van der Waals surface area contributed by atoms with E-state index in [1.165, 1.54) is 122 Å². The van der Waals surface area contributed by atoms with Gasteiger partial charge in [-0.25, -0.2) is 9.13 Å². The molecule has 27 heavy (non-hydrogen) atoms. The fourth-order valence-corrected chi connectivity index (χ4v) is 4.07. The Morgan fingerprint density at radius 1 is 0.630 bits per heavy atom. The second-order valence-electron chi connectivity index (χ2n) is 8.45. The molecule has 0 unspecified atom stereocenters. The number of aromatic nitrogens is 2. The zero-order chi connectivity index (χ0) is 19.6. The van der Waals surface area contributed by atoms with Crippen LogP contribution in [0.5, 0.6) is 0 Å². The Morgan fingerprint density at radius 3 is 1.70 bits per heavy atom. The van der Waals surface area contributed by atoms with Crippen LogP contribution in [-0.2, 0) is 19.5 Å². The van der Waals surface area contributed by atoms with Crippen molar-refractivity contribution >= 4 is 0 Å². The molecule has 0 aliphatic heterocycles. The van der Waals surface area contributed by atoms with Crippen LogP contribution < -0.4 is 4.57 Å². The molecular formula is C25H49N2+. The highest BCUT2D eigenvalue weighted by atomic mass is 15.1. The molecule has 0 bridgehead atoms. The number of aryl methyl sites for hydroxylation is 2. The Bertz CT molecular complexity index is 436. The monoisotopic (exact) mass is 377 g/mol. The largest absolute Gasteiger partial charge is 0.256 e. The lowest BCUT2D eigenvalue weighted by atomic mass is 10.1. The molecule has 0 atom stereocenters. The van der Waals surface area contributed by atoms with Crippen molar-refractivity contribution in [3.8, 4) is 0 Å². The lowest BCUT2D eigenvalue weighted by Crippen LogP contribution is -2.37. The first kappa shape index (κ1) is 24.2. The molecule has 2 heteroatoms. The molecule has 2 nitrogen and oxygen atoms in total. The summed E-state index contributed by atoms with van der Waals surface area (Å²) in [6, 6.07) is 0. The first-order valence-electron chi connectivity index (χ1n) is 12.4. The maximum Gasteiger partial charge on any atom is 0.256 e. The zero-order valence-corrected chi connectivity index (χ0v) is 19.0. The standard InChI is InChI=1S/C25H49N2/c1-4-7-9-11-13-15-17-19-22-27-24-23-26(25(27)20-6-3)21-18-16-14-12-10-8-5-2/h23-24H,4-22H2,1-3H3/q+1. The molecule has 0 radical (unpaired) electrons. The van der Waals surface area contributed by atoms with E-state index in [4.69, 9.17) is 0 Å². The van der Waals surface area contributed by atoms with Gasteiger partial charge in [-0.2, -0.15) is 0 Å². The van der Waals surface area contributed by atoms with Crippen molar-refractivity contribution in [2.45, 2.75) is 143 Å². The van der Waals surface area contributed by atoms with E-state index in [0.29, 0.717) is 0 Å². The van der Waals surface area contributed by atoms with Gasteiger partial charge in [-0.05, 0) is 32.1 Å². The molecule has 0 aliphatic rings. The number of rotatable bonds is 19. The SMILES string of the molecule is CCCCCCCCCC[n+]1ccn(CCCCCCCCC)c1CCC. The van der Waals surface area contributed by atoms with Gasteiger partial charge in [-0.15, -0.1) is 0 Å². The van der Waals surface area contributed by atoms with Gasteiger partial charge in [0.15, 0.2) is 0 Å². The van der Waals surface area contributed by atoms with Gasteiger partial charge in [0.05, 0.1) is 13.1 Å². The third kappa shape index (κ3) is 11.6. The smallest absolute Gasteiger partial charge is 0.234 e. The van der Waals surface area contributed by atoms with Crippen LogP contribution in [0.4, 0.5) is 0 Å². The molecule has 158 valence electrons. The predicted molar refractivity (Wildman–Crippen MR) is 119 cm³/mol. The van der Waals surface area contributed by atoms with Crippen molar-refractivity contribution in [1.29, 1.82) is 0 Å². The molecule has 0 fully saturated rings. The van der Waals surface area contributed by atoms with Gasteiger partial charge < -0.3 is 0 Å². The third-order valence-corrected chi connectivity index (χ3v) is 5.82. The second-order valence-corrected chi connectivity index (χ2v) is 8.45. The highest BCUT2D eigenvalue weighted by Gasteiger charge is 2.15. The average molecular weight is 378 g/mol. The molecule has 1 aromatic heterocycles. The van der Waals surface area contributed by atoms with E-state index < -0.39 is 0 Å². The van der Waals surface area contributed by atoms with E-state index in [9.17, 15) is 0 Å². The average Bonchev–Trinajstić information content (AvgIpc) is 3.05. The molecule has 0 saturated carbocycles. The fraction of sp³-hybridized carbons (Fsp3) is 0.880. The van der Waals surface area contributed by atoms with Crippen LogP contribution in [0.25, 0.3) is 0 Å². The quantitative estimate of drug-likeness (QED) is 0.173. The normalized spacial score (nSPS) is 11.4. The summed E-state index contributed by atoms with van der Waals surface area (Å²) in [4.78, 5) is 0. The number of nitrogens with zero attached hydrogens (tertiary/aromatic N) is 2. The maximum atomic E-state index is 2.54. The number of unbranched alkanes of at least 4 members (excludes halogenated alkanes) is 13. The van der Waals surface area contributed by atoms with Crippen molar-refractivity contribution in [2.24, 2.45) is 0 Å². The first-order chi connectivity index (χ1) is 13.3. The number of hydrogen-bond acceptors (Lipinski definition) is 0. The Hall–Kier alpha value is -0.790. The van der Waals surface area contributed by atoms with Crippen LogP contribution in [-0.4, -0.2) is 4.57 Å². The first-order valence-corrected chi connectivity index (χ1v) is 12.4. The molecule has 0 saturated heterocycles. The highest BCUT2D eigenvalue weighted by molar-refractivity contribution is 4.84. The second kappa shape index (κ2) is 17.3. The fourth-order valence-electron chi connectivity index (χ4n) is 4.07. The third-order valence-electron chi connectivity index (χ3n) is 5.82. The van der Waals surface area contributed by atoms with Gasteiger partial charge in [0.25, 0.3) is 5.82 Å². The van der Waals surface area contributed by atoms with Crippen LogP contribution in [0.1, 0.15) is 129 Å². The van der Waals surface area contributed by atoms with E-state index in [1.807, 2.05) is 0 Å². The van der Waals surface area contributed by atoms with E-state index >= 15 is 0 Å². The Morgan fingerprint density at radius 2 is 1.15 bits per heavy atom. The zero-order valence-electron chi connectivity index (χ0n) is 19.0. The van der Waals surface area contributed by atoms with Crippen LogP contribution in [0.15, 0.2) is 12.4 Å². The minimum atomic E-state index is 1.22. The van der Waals surface area contributed by atoms with Crippen molar-refractivity contribution in [1.82, 2.24) is 4.57 Å². The molecule has 1 aromatic rings. The lowest BCUT2D eigenvalue weighted by Gasteiger charge is -2.05. The van der Waals surface area contributed by atoms with Crippen molar-refractivity contribution in [2.75, 3.05) is 0 Å². The molecule has 1 rings (SSSR count). The van der Waals surface area contributed by atoms with Gasteiger partial charge in [-0.1, -0.05) is 91.4 Å². The van der Waals surface area contributed by atoms with E-state index in [1.54, 1.807) is 5.82 Å². The van der Waals surface area contributed by atoms with Gasteiger partial charge in [0.1, 0.15) is 12.4 Å². The molecule has 0 spiro atoms. The minimum Gasteiger partial charge on any atom is -0.234 e. The van der Waals surface area contributed by atoms with Gasteiger partial charge in [0, 0.05) is 6.42 Å². The van der Waals surface area contributed by atoms with Crippen molar-refractivity contribution in [3.63, 3.8) is 0 Å². The van der Waals surface area contributed by atoms with Crippen molar-refractivity contribution in [3.05, 3.63) is 18.2 Å². The van der Waals surface area contributed by atoms with Gasteiger partial charge >= 0.3 is 0 Å². The minimum absolute atomic E-state index is 1.22. The predicted octanol–water partition coefficient (Wildman–Crippen LogP) is 7.62. The van der Waals surface area contributed by atoms with Crippen LogP contribution in [0.3, 0.4) is 0 Å². The lowest BCUT2D eigenvalue weighted by molar-refractivity contribution is -0.704. The summed E-state index contributed by atoms with van der Waals surface area (Å²) >= 11 is 0. The van der Waals surface area contributed by atoms with Gasteiger partial charge in [0.2, 0.25) is 0 Å². The summed E-state index contributed by atoms with van der Waals surface area (Å²) in [5.41, 5.74) is 0. The van der Waals surface area contributed by atoms with Crippen LogP contribution in [0, 0.1) is 0 Å². The summed E-state index contributed by atoms with van der Waals surface area (Å²) in [6.07, 6.45) is 28.2. The molecular weight excluding hydrogens is 328 g/mol. The topological polar surface area (TPSA) is 8.81 Å². The highest BCUT2D eigenvalue weighted by Crippen LogP contribution is 2.11. The number of hydrogen-bond donors (Lipinski definition) is 0. The molecule has 0 N–H and O–H groups in total. The molecule has 1 heterocycles. The summed E-state index contributed by atoms with van der Waals surface area (Å²) in [5, 5.41) is 0. The Kier molecular flexibility index (Phi) is 15.6. The molecule has 0 amide bonds. The van der Waals surface area contributed by atoms with E-state index in [0.717, 1.165) is 0 Å². The summed E-state index contributed by atoms with van der Waals surface area (Å²) in [5.74, 6) is 1.56. The van der Waals surface area contributed by atoms with Crippen molar-refractivity contribution < 1.29 is 4.57 Å². The van der Waals surface area contributed by atoms with Crippen LogP contribution >= 0.6 is 0 Å². The van der Waals surface area contributed by atoms with Crippen LogP contribution in [0.2, 0.25) is 0 Å². The van der Waals surface area contributed by atoms with E-state index in [-0.39, 0.29) is 0 Å². The summed E-state index contributed by atoms with van der Waals surface area (Å²) in [6.45, 7) is 9.34. The number of imidazole rings is 1. The Labute approximate surface area is 170 Å². The maximum absolute atomic E-state index is 2.54. The molecule has 0 aromatic carbocycles. The van der Waals surface area contributed by atoms with E-state index in [2.05, 4.69) is 42.3 Å². The molecule has 0 aliphatic carbocycles. The summed E-state index contributed by atoms with van der Waals surface area (Å²) in [7, 11) is 0.